The van der Waals surface area contributed by atoms with Crippen LogP contribution in [0.1, 0.15) is 28.5 Å². The van der Waals surface area contributed by atoms with Crippen molar-refractivity contribution in [3.8, 4) is 11.5 Å². The van der Waals surface area contributed by atoms with Gasteiger partial charge in [0.2, 0.25) is 0 Å². The van der Waals surface area contributed by atoms with Crippen molar-refractivity contribution in [3.05, 3.63) is 128 Å². The molecule has 10 heteroatoms. The highest BCUT2D eigenvalue weighted by Gasteiger charge is 2.63. The molecule has 218 valence electrons. The van der Waals surface area contributed by atoms with E-state index in [9.17, 15) is 14.7 Å². The van der Waals surface area contributed by atoms with Gasteiger partial charge in [-0.1, -0.05) is 54.6 Å². The molecule has 4 aromatic rings. The second-order valence-electron chi connectivity index (χ2n) is 10.6. The number of benzene rings is 3. The van der Waals surface area contributed by atoms with Crippen molar-refractivity contribution in [2.75, 3.05) is 27.4 Å². The molecule has 2 fully saturated rings. The van der Waals surface area contributed by atoms with E-state index in [4.69, 9.17) is 23.7 Å². The minimum Gasteiger partial charge on any atom is -0.497 e. The molecule has 2 aliphatic heterocycles. The van der Waals surface area contributed by atoms with E-state index < -0.39 is 40.9 Å². The largest absolute Gasteiger partial charge is 0.497 e. The summed E-state index contributed by atoms with van der Waals surface area (Å²) in [7, 11) is 3.22. The molecule has 0 spiro atoms. The fraction of sp³-hybridized carbons (Fsp3) is 0.312. The van der Waals surface area contributed by atoms with Crippen molar-refractivity contribution in [1.29, 1.82) is 0 Å². The number of aliphatic hydroxyl groups is 1. The normalized spacial score (nSPS) is 23.2. The van der Waals surface area contributed by atoms with Crippen molar-refractivity contribution in [2.24, 2.45) is 0 Å². The number of H-pyrrole nitrogens is 1. The maximum absolute atomic E-state index is 12.7. The Morgan fingerprint density at radius 3 is 2.07 bits per heavy atom. The van der Waals surface area contributed by atoms with Gasteiger partial charge >= 0.3 is 5.69 Å². The maximum Gasteiger partial charge on any atom is 0.330 e. The molecule has 3 aromatic carbocycles. The molecule has 2 bridgehead atoms. The first-order chi connectivity index (χ1) is 20.3. The molecular weight excluding hydrogens is 540 g/mol. The summed E-state index contributed by atoms with van der Waals surface area (Å²) in [5, 5.41) is 11.4. The summed E-state index contributed by atoms with van der Waals surface area (Å²) in [6.45, 7) is 1.57. The minimum atomic E-state index is -1.28. The number of rotatable bonds is 9. The highest BCUT2D eigenvalue weighted by molar-refractivity contribution is 5.49. The molecule has 0 radical (unpaired) electrons. The van der Waals surface area contributed by atoms with Gasteiger partial charge in [0.05, 0.1) is 27.4 Å². The number of aliphatic hydroxyl groups excluding tert-OH is 1. The van der Waals surface area contributed by atoms with E-state index in [2.05, 4.69) is 4.98 Å². The monoisotopic (exact) mass is 572 g/mol. The van der Waals surface area contributed by atoms with E-state index >= 15 is 0 Å². The van der Waals surface area contributed by atoms with E-state index in [0.717, 1.165) is 16.7 Å². The molecule has 4 atom stereocenters. The van der Waals surface area contributed by atoms with Crippen LogP contribution in [0.3, 0.4) is 0 Å². The molecule has 3 heterocycles. The zero-order valence-corrected chi connectivity index (χ0v) is 23.5. The minimum absolute atomic E-state index is 0.0580. The third-order valence-corrected chi connectivity index (χ3v) is 8.13. The van der Waals surface area contributed by atoms with Gasteiger partial charge in [-0.2, -0.15) is 0 Å². The lowest BCUT2D eigenvalue weighted by molar-refractivity contribution is -0.204. The lowest BCUT2D eigenvalue weighted by atomic mass is 9.79. The average molecular weight is 573 g/mol. The number of ether oxygens (including phenoxy) is 5. The number of fused-ring (bicyclic) bond motifs is 2. The highest BCUT2D eigenvalue weighted by atomic mass is 16.7. The van der Waals surface area contributed by atoms with Crippen molar-refractivity contribution >= 4 is 0 Å². The van der Waals surface area contributed by atoms with Crippen LogP contribution in [0.4, 0.5) is 0 Å². The van der Waals surface area contributed by atoms with Crippen LogP contribution >= 0.6 is 0 Å². The quantitative estimate of drug-likeness (QED) is 0.294. The summed E-state index contributed by atoms with van der Waals surface area (Å²) >= 11 is 0. The Morgan fingerprint density at radius 2 is 1.50 bits per heavy atom. The molecule has 10 nitrogen and oxygen atoms in total. The van der Waals surface area contributed by atoms with Gasteiger partial charge in [-0.05, 0) is 47.9 Å². The number of nitrogens with zero attached hydrogens (tertiary/aromatic N) is 1. The highest BCUT2D eigenvalue weighted by Crippen LogP contribution is 2.48. The van der Waals surface area contributed by atoms with E-state index in [0.29, 0.717) is 17.1 Å². The molecule has 0 aliphatic carbocycles. The van der Waals surface area contributed by atoms with Gasteiger partial charge in [-0.15, -0.1) is 0 Å². The van der Waals surface area contributed by atoms with Crippen LogP contribution < -0.4 is 20.7 Å². The molecular formula is C32H32N2O8. The van der Waals surface area contributed by atoms with Crippen LogP contribution in [0.25, 0.3) is 0 Å². The van der Waals surface area contributed by atoms with Gasteiger partial charge in [-0.3, -0.25) is 14.3 Å². The molecule has 1 aromatic heterocycles. The van der Waals surface area contributed by atoms with Gasteiger partial charge in [0.15, 0.2) is 6.23 Å². The number of methoxy groups -OCH3 is 2. The summed E-state index contributed by atoms with van der Waals surface area (Å²) in [4.78, 5) is 26.9. The first-order valence-corrected chi connectivity index (χ1v) is 13.6. The third kappa shape index (κ3) is 4.53. The van der Waals surface area contributed by atoms with Gasteiger partial charge in [0.1, 0.15) is 34.9 Å². The Hall–Kier alpha value is -4.22. The first kappa shape index (κ1) is 27.9. The zero-order chi connectivity index (χ0) is 29.5. The van der Waals surface area contributed by atoms with E-state index in [1.807, 2.05) is 78.9 Å². The SMILES string of the molecule is COc1ccc(C(OC[C@]23CO[C@H]([C@H](n4cc(C)c(=O)[nH]c4=O)O2)[C@@H]3O)(c2ccccc2)c2ccc(OC)cc2)cc1. The van der Waals surface area contributed by atoms with Crippen molar-refractivity contribution in [1.82, 2.24) is 9.55 Å². The van der Waals surface area contributed by atoms with E-state index in [1.54, 1.807) is 21.1 Å². The topological polar surface area (TPSA) is 121 Å². The molecule has 6 rings (SSSR count). The Bertz CT molecular complexity index is 1620. The summed E-state index contributed by atoms with van der Waals surface area (Å²) in [5.41, 5.74) is -0.717. The van der Waals surface area contributed by atoms with Crippen LogP contribution in [0.2, 0.25) is 0 Å². The fourth-order valence-corrected chi connectivity index (χ4v) is 5.82. The molecule has 2 N–H and O–H groups in total. The van der Waals surface area contributed by atoms with Crippen molar-refractivity contribution < 1.29 is 28.8 Å². The zero-order valence-electron chi connectivity index (χ0n) is 23.5. The lowest BCUT2D eigenvalue weighted by Gasteiger charge is -2.39. The Morgan fingerprint density at radius 1 is 0.929 bits per heavy atom. The van der Waals surface area contributed by atoms with Crippen LogP contribution in [0.15, 0.2) is 94.6 Å². The van der Waals surface area contributed by atoms with E-state index in [-0.39, 0.29) is 13.2 Å². The molecule has 0 amide bonds. The molecule has 2 saturated heterocycles. The number of aryl methyl sites for hydroxylation is 1. The average Bonchev–Trinajstić information content (AvgIpc) is 3.49. The summed E-state index contributed by atoms with van der Waals surface area (Å²) in [5.74, 6) is 1.39. The number of aromatic amines is 1. The first-order valence-electron chi connectivity index (χ1n) is 13.6. The Kier molecular flexibility index (Phi) is 7.24. The summed E-state index contributed by atoms with van der Waals surface area (Å²) in [6.07, 6.45) is -1.46. The number of hydrogen-bond acceptors (Lipinski definition) is 8. The maximum atomic E-state index is 12.7. The van der Waals surface area contributed by atoms with Crippen molar-refractivity contribution in [2.45, 2.75) is 36.6 Å². The number of aromatic nitrogens is 2. The van der Waals surface area contributed by atoms with Crippen LogP contribution in [-0.2, 0) is 19.8 Å². The molecule has 0 unspecified atom stereocenters. The molecule has 2 aliphatic rings. The van der Waals surface area contributed by atoms with Crippen LogP contribution in [0, 0.1) is 6.92 Å². The second-order valence-corrected chi connectivity index (χ2v) is 10.6. The van der Waals surface area contributed by atoms with E-state index in [1.165, 1.54) is 10.8 Å². The summed E-state index contributed by atoms with van der Waals surface area (Å²) < 4.78 is 31.4. The predicted molar refractivity (Wildman–Crippen MR) is 153 cm³/mol. The van der Waals surface area contributed by atoms with Crippen LogP contribution in [0.5, 0.6) is 11.5 Å². The number of hydrogen-bond donors (Lipinski definition) is 2. The molecule has 0 saturated carbocycles. The smallest absolute Gasteiger partial charge is 0.330 e. The lowest BCUT2D eigenvalue weighted by Crippen LogP contribution is -2.48. The van der Waals surface area contributed by atoms with Gasteiger partial charge in [0, 0.05) is 11.8 Å². The predicted octanol–water partition coefficient (Wildman–Crippen LogP) is 2.90. The standard InChI is InChI=1S/C32H32N2O8/c1-20-17-34(30(37)33-28(20)36)29-26-27(35)31(42-29,18-40-26)19-41-32(21-7-5-4-6-8-21,22-9-13-24(38-2)14-10-22)23-11-15-25(39-3)16-12-23/h4-17,26-27,29,35H,18-19H2,1-3H3,(H,33,36,37)/t26-,27-,29+,31-/m0/s1. The van der Waals surface area contributed by atoms with Gasteiger partial charge < -0.3 is 28.8 Å². The second kappa shape index (κ2) is 10.9. The summed E-state index contributed by atoms with van der Waals surface area (Å²) in [6, 6.07) is 25.0. The molecule has 42 heavy (non-hydrogen) atoms. The van der Waals surface area contributed by atoms with Crippen LogP contribution in [-0.4, -0.2) is 59.9 Å². The Labute approximate surface area is 242 Å². The Balaban J connectivity index is 1.44. The van der Waals surface area contributed by atoms with Gasteiger partial charge in [0.25, 0.3) is 5.56 Å². The van der Waals surface area contributed by atoms with Gasteiger partial charge in [-0.25, -0.2) is 4.79 Å². The van der Waals surface area contributed by atoms with Crippen molar-refractivity contribution in [3.63, 3.8) is 0 Å². The number of nitrogens with one attached hydrogen (secondary N) is 1. The third-order valence-electron chi connectivity index (χ3n) is 8.13. The fourth-order valence-electron chi connectivity index (χ4n) is 5.82.